The Kier molecular flexibility index (Phi) is 3.43. The Bertz CT molecular complexity index is 698. The van der Waals surface area contributed by atoms with E-state index in [2.05, 4.69) is 4.98 Å². The van der Waals surface area contributed by atoms with E-state index in [1.807, 2.05) is 23.6 Å². The number of carboxylic acids is 1. The molecule has 0 saturated heterocycles. The van der Waals surface area contributed by atoms with E-state index in [-0.39, 0.29) is 11.3 Å². The lowest BCUT2D eigenvalue weighted by Gasteiger charge is -2.23. The number of carbonyl (C=O) groups is 1. The molecular formula is C14H15BN2O4. The van der Waals surface area contributed by atoms with E-state index >= 15 is 0 Å². The number of aromatic nitrogens is 2. The van der Waals surface area contributed by atoms with Gasteiger partial charge in [-0.15, -0.1) is 0 Å². The Balaban J connectivity index is 2.06. The van der Waals surface area contributed by atoms with Gasteiger partial charge in [0, 0.05) is 18.9 Å². The quantitative estimate of drug-likeness (QED) is 0.832. The Hall–Kier alpha value is -2.28. The van der Waals surface area contributed by atoms with Crippen molar-refractivity contribution in [2.45, 2.75) is 26.2 Å². The summed E-state index contributed by atoms with van der Waals surface area (Å²) >= 11 is 0. The van der Waals surface area contributed by atoms with Gasteiger partial charge >= 0.3 is 13.1 Å². The molecule has 0 atom stereocenters. The molecule has 21 heavy (non-hydrogen) atoms. The van der Waals surface area contributed by atoms with Crippen LogP contribution >= 0.6 is 0 Å². The average molecular weight is 286 g/mol. The molecule has 108 valence electrons. The van der Waals surface area contributed by atoms with Gasteiger partial charge in [-0.2, -0.15) is 0 Å². The molecule has 0 radical (unpaired) electrons. The molecule has 1 aliphatic heterocycles. The fourth-order valence-electron chi connectivity index (χ4n) is 2.59. The van der Waals surface area contributed by atoms with Crippen LogP contribution in [0.2, 0.25) is 6.32 Å². The largest absolute Gasteiger partial charge is 0.535 e. The van der Waals surface area contributed by atoms with E-state index < -0.39 is 13.1 Å². The number of aryl methyl sites for hydroxylation is 2. The molecule has 1 aliphatic rings. The molecule has 0 bridgehead atoms. The third-order valence-electron chi connectivity index (χ3n) is 3.72. The van der Waals surface area contributed by atoms with Crippen molar-refractivity contribution < 1.29 is 19.6 Å². The van der Waals surface area contributed by atoms with Crippen LogP contribution in [0.1, 0.15) is 27.3 Å². The van der Waals surface area contributed by atoms with Gasteiger partial charge in [0.15, 0.2) is 0 Å². The number of benzene rings is 1. The highest BCUT2D eigenvalue weighted by Gasteiger charge is 2.29. The summed E-state index contributed by atoms with van der Waals surface area (Å²) in [5, 5.41) is 19.1. The van der Waals surface area contributed by atoms with Gasteiger partial charge in [0.05, 0.1) is 0 Å². The predicted molar refractivity (Wildman–Crippen MR) is 76.6 cm³/mol. The third-order valence-corrected chi connectivity index (χ3v) is 3.72. The van der Waals surface area contributed by atoms with Crippen molar-refractivity contribution in [2.24, 2.45) is 0 Å². The minimum Gasteiger partial charge on any atom is -0.535 e. The number of imidazole rings is 1. The summed E-state index contributed by atoms with van der Waals surface area (Å²) in [5.74, 6) is 0.0512. The highest BCUT2D eigenvalue weighted by molar-refractivity contribution is 6.44. The summed E-state index contributed by atoms with van der Waals surface area (Å²) in [6.07, 6.45) is 4.57. The molecule has 6 nitrogen and oxygen atoms in total. The fraction of sp³-hybridized carbons (Fsp3) is 0.286. The molecule has 2 heterocycles. The van der Waals surface area contributed by atoms with Crippen molar-refractivity contribution in [3.8, 4) is 5.75 Å². The Morgan fingerprint density at radius 1 is 1.52 bits per heavy atom. The van der Waals surface area contributed by atoms with Crippen molar-refractivity contribution in [3.63, 3.8) is 0 Å². The lowest BCUT2D eigenvalue weighted by molar-refractivity contribution is 0.0693. The normalized spacial score (nSPS) is 13.7. The molecule has 1 aromatic carbocycles. The second-order valence-electron chi connectivity index (χ2n) is 5.11. The highest BCUT2D eigenvalue weighted by Crippen LogP contribution is 2.33. The highest BCUT2D eigenvalue weighted by atomic mass is 16.5. The van der Waals surface area contributed by atoms with Crippen molar-refractivity contribution >= 4 is 13.1 Å². The first kappa shape index (κ1) is 13.7. The number of aromatic carboxylic acids is 1. The molecule has 0 amide bonds. The van der Waals surface area contributed by atoms with Crippen LogP contribution in [0.25, 0.3) is 0 Å². The number of nitrogens with zero attached hydrogens (tertiary/aromatic N) is 2. The second kappa shape index (κ2) is 5.25. The number of carboxylic acid groups (broad SMARTS) is 1. The number of fused-ring (bicyclic) bond motifs is 1. The molecule has 2 aromatic rings. The Labute approximate surface area is 122 Å². The number of hydrogen-bond donors (Lipinski definition) is 2. The van der Waals surface area contributed by atoms with Gasteiger partial charge in [-0.05, 0) is 30.8 Å². The van der Waals surface area contributed by atoms with Crippen LogP contribution in [0.3, 0.4) is 0 Å². The van der Waals surface area contributed by atoms with Crippen molar-refractivity contribution in [1.29, 1.82) is 0 Å². The van der Waals surface area contributed by atoms with Crippen molar-refractivity contribution in [1.82, 2.24) is 9.55 Å². The Morgan fingerprint density at radius 3 is 3.00 bits per heavy atom. The van der Waals surface area contributed by atoms with Crippen LogP contribution in [0.15, 0.2) is 24.5 Å². The van der Waals surface area contributed by atoms with E-state index in [0.717, 1.165) is 11.4 Å². The zero-order valence-electron chi connectivity index (χ0n) is 11.6. The van der Waals surface area contributed by atoms with Crippen LogP contribution < -0.4 is 4.65 Å². The SMILES string of the molecule is Cc1nccn1Cc1ccc2c(c1C(=O)O)OB(O)CC2. The molecule has 0 saturated carbocycles. The van der Waals surface area contributed by atoms with Gasteiger partial charge < -0.3 is 19.4 Å². The smallest absolute Gasteiger partial charge is 0.522 e. The molecule has 0 fully saturated rings. The minimum absolute atomic E-state index is 0.124. The van der Waals surface area contributed by atoms with Gasteiger partial charge in [0.25, 0.3) is 0 Å². The monoisotopic (exact) mass is 286 g/mol. The number of rotatable bonds is 3. The van der Waals surface area contributed by atoms with Crippen LogP contribution in [0, 0.1) is 6.92 Å². The van der Waals surface area contributed by atoms with Crippen molar-refractivity contribution in [3.05, 3.63) is 47.0 Å². The van der Waals surface area contributed by atoms with Gasteiger partial charge in [-0.1, -0.05) is 12.1 Å². The maximum Gasteiger partial charge on any atom is 0.522 e. The summed E-state index contributed by atoms with van der Waals surface area (Å²) in [4.78, 5) is 15.8. The van der Waals surface area contributed by atoms with E-state index in [1.54, 1.807) is 12.4 Å². The summed E-state index contributed by atoms with van der Waals surface area (Å²) in [6.45, 7) is 2.26. The molecule has 1 aromatic heterocycles. The van der Waals surface area contributed by atoms with Gasteiger partial charge in [-0.3, -0.25) is 0 Å². The van der Waals surface area contributed by atoms with E-state index in [9.17, 15) is 14.9 Å². The predicted octanol–water partition coefficient (Wildman–Crippen LogP) is 1.35. The summed E-state index contributed by atoms with van der Waals surface area (Å²) in [7, 11) is -0.944. The van der Waals surface area contributed by atoms with E-state index in [1.165, 1.54) is 0 Å². The third kappa shape index (κ3) is 2.52. The molecule has 0 spiro atoms. The number of hydrogen-bond acceptors (Lipinski definition) is 4. The maximum absolute atomic E-state index is 11.6. The van der Waals surface area contributed by atoms with Gasteiger partial charge in [-0.25, -0.2) is 9.78 Å². The van der Waals surface area contributed by atoms with Gasteiger partial charge in [0.2, 0.25) is 0 Å². The first-order valence-electron chi connectivity index (χ1n) is 6.76. The van der Waals surface area contributed by atoms with Crippen LogP contribution in [-0.4, -0.2) is 32.8 Å². The van der Waals surface area contributed by atoms with Crippen molar-refractivity contribution in [2.75, 3.05) is 0 Å². The molecule has 7 heteroatoms. The average Bonchev–Trinajstić information content (AvgIpc) is 2.83. The molecule has 0 unspecified atom stereocenters. The molecule has 3 rings (SSSR count). The Morgan fingerprint density at radius 2 is 2.33 bits per heavy atom. The van der Waals surface area contributed by atoms with Crippen LogP contribution in [-0.2, 0) is 13.0 Å². The zero-order chi connectivity index (χ0) is 15.0. The van der Waals surface area contributed by atoms with Crippen LogP contribution in [0.4, 0.5) is 0 Å². The summed E-state index contributed by atoms with van der Waals surface area (Å²) in [6, 6.07) is 3.68. The zero-order valence-corrected chi connectivity index (χ0v) is 11.6. The van der Waals surface area contributed by atoms with Gasteiger partial charge in [0.1, 0.15) is 17.1 Å². The molecule has 0 aliphatic carbocycles. The topological polar surface area (TPSA) is 84.6 Å². The van der Waals surface area contributed by atoms with Crippen LogP contribution in [0.5, 0.6) is 5.75 Å². The summed E-state index contributed by atoms with van der Waals surface area (Å²) < 4.78 is 7.23. The molecular weight excluding hydrogens is 271 g/mol. The minimum atomic E-state index is -1.05. The lowest BCUT2D eigenvalue weighted by Crippen LogP contribution is -2.28. The van der Waals surface area contributed by atoms with E-state index in [0.29, 0.717) is 24.8 Å². The maximum atomic E-state index is 11.6. The molecule has 2 N–H and O–H groups in total. The second-order valence-corrected chi connectivity index (χ2v) is 5.11. The fourth-order valence-corrected chi connectivity index (χ4v) is 2.59. The summed E-state index contributed by atoms with van der Waals surface area (Å²) in [5.41, 5.74) is 1.58. The van der Waals surface area contributed by atoms with E-state index in [4.69, 9.17) is 4.65 Å². The standard InChI is InChI=1S/C14H15BN2O4/c1-9-16-6-7-17(9)8-11-3-2-10-4-5-15(20)21-13(10)12(11)14(18)19/h2-3,6-7,20H,4-5,8H2,1H3,(H,18,19). The first-order chi connectivity index (χ1) is 10.1. The first-order valence-corrected chi connectivity index (χ1v) is 6.76. The lowest BCUT2D eigenvalue weighted by atomic mass is 9.78.